The number of nitrogens with one attached hydrogen (secondary N) is 2. The largest absolute Gasteiger partial charge is 0.497 e. The highest BCUT2D eigenvalue weighted by atomic mass is 32.1. The highest BCUT2D eigenvalue weighted by Crippen LogP contribution is 2.28. The number of ether oxygens (including phenoxy) is 1. The van der Waals surface area contributed by atoms with Gasteiger partial charge in [0.25, 0.3) is 0 Å². The minimum absolute atomic E-state index is 0.154. The van der Waals surface area contributed by atoms with Gasteiger partial charge in [0.15, 0.2) is 5.13 Å². The third kappa shape index (κ3) is 3.85. The maximum absolute atomic E-state index is 11.1. The number of methoxy groups -OCH3 is 1. The summed E-state index contributed by atoms with van der Waals surface area (Å²) < 4.78 is 5.20. The molecule has 2 aromatic heterocycles. The number of amides is 1. The molecule has 0 saturated carbocycles. The van der Waals surface area contributed by atoms with Crippen LogP contribution < -0.4 is 15.4 Å². The van der Waals surface area contributed by atoms with E-state index >= 15 is 0 Å². The third-order valence-electron chi connectivity index (χ3n) is 3.02. The number of carbonyl (C=O) groups is 1. The molecule has 8 heteroatoms. The normalized spacial score (nSPS) is 10.2. The van der Waals surface area contributed by atoms with Gasteiger partial charge < -0.3 is 15.4 Å². The predicted molar refractivity (Wildman–Crippen MR) is 93.7 cm³/mol. The molecule has 2 N–H and O–H groups in total. The fraction of sp³-hybridized carbons (Fsp3) is 0.125. The standard InChI is InChI=1S/C16H15N5O2S/c1-10(22)19-16-18-9-14(24-16)13-6-7-17-15(21-13)20-11-4-3-5-12(8-11)23-2/h3-9H,1-2H3,(H,17,20,21)(H,18,19,22). The maximum Gasteiger partial charge on any atom is 0.227 e. The molecule has 0 spiro atoms. The Hall–Kier alpha value is -3.00. The molecular formula is C16H15N5O2S. The van der Waals surface area contributed by atoms with E-state index in [-0.39, 0.29) is 5.91 Å². The smallest absolute Gasteiger partial charge is 0.227 e. The van der Waals surface area contributed by atoms with Gasteiger partial charge >= 0.3 is 0 Å². The van der Waals surface area contributed by atoms with Gasteiger partial charge in [-0.25, -0.2) is 15.0 Å². The van der Waals surface area contributed by atoms with Crippen LogP contribution in [0.15, 0.2) is 42.7 Å². The second-order valence-electron chi connectivity index (χ2n) is 4.83. The summed E-state index contributed by atoms with van der Waals surface area (Å²) in [5.74, 6) is 1.06. The van der Waals surface area contributed by atoms with Crippen molar-refractivity contribution in [2.75, 3.05) is 17.7 Å². The average Bonchev–Trinajstić information content (AvgIpc) is 3.03. The van der Waals surface area contributed by atoms with Crippen LogP contribution in [0.25, 0.3) is 10.6 Å². The fourth-order valence-corrected chi connectivity index (χ4v) is 2.82. The van der Waals surface area contributed by atoms with Crippen molar-refractivity contribution in [3.8, 4) is 16.3 Å². The molecule has 0 aliphatic carbocycles. The van der Waals surface area contributed by atoms with Crippen molar-refractivity contribution in [1.29, 1.82) is 0 Å². The zero-order valence-corrected chi connectivity index (χ0v) is 13.9. The van der Waals surface area contributed by atoms with Gasteiger partial charge in [0.2, 0.25) is 11.9 Å². The van der Waals surface area contributed by atoms with E-state index in [2.05, 4.69) is 25.6 Å². The summed E-state index contributed by atoms with van der Waals surface area (Å²) in [4.78, 5) is 24.8. The zero-order chi connectivity index (χ0) is 16.9. The quantitative estimate of drug-likeness (QED) is 0.740. The lowest BCUT2D eigenvalue weighted by Gasteiger charge is -2.07. The second kappa shape index (κ2) is 7.05. The van der Waals surface area contributed by atoms with Gasteiger partial charge in [-0.15, -0.1) is 0 Å². The van der Waals surface area contributed by atoms with E-state index in [9.17, 15) is 4.79 Å². The first-order chi connectivity index (χ1) is 11.6. The molecule has 1 amide bonds. The Morgan fingerprint density at radius 3 is 2.92 bits per heavy atom. The lowest BCUT2D eigenvalue weighted by molar-refractivity contribution is -0.114. The number of hydrogen-bond donors (Lipinski definition) is 2. The summed E-state index contributed by atoms with van der Waals surface area (Å²) >= 11 is 1.35. The first-order valence-electron chi connectivity index (χ1n) is 7.12. The van der Waals surface area contributed by atoms with E-state index in [0.29, 0.717) is 11.1 Å². The van der Waals surface area contributed by atoms with Crippen LogP contribution in [-0.2, 0) is 4.79 Å². The highest BCUT2D eigenvalue weighted by Gasteiger charge is 2.08. The van der Waals surface area contributed by atoms with Crippen LogP contribution in [0.5, 0.6) is 5.75 Å². The van der Waals surface area contributed by atoms with Crippen LogP contribution in [-0.4, -0.2) is 28.0 Å². The molecule has 24 heavy (non-hydrogen) atoms. The SMILES string of the molecule is COc1cccc(Nc2nccc(-c3cnc(NC(C)=O)s3)n2)c1. The van der Waals surface area contributed by atoms with Gasteiger partial charge in [-0.3, -0.25) is 4.79 Å². The lowest BCUT2D eigenvalue weighted by atomic mass is 10.3. The molecule has 1 aromatic carbocycles. The van der Waals surface area contributed by atoms with E-state index < -0.39 is 0 Å². The number of aromatic nitrogens is 3. The topological polar surface area (TPSA) is 89.0 Å². The fourth-order valence-electron chi connectivity index (χ4n) is 1.99. The first-order valence-corrected chi connectivity index (χ1v) is 7.93. The van der Waals surface area contributed by atoms with Crippen molar-refractivity contribution in [3.05, 3.63) is 42.7 Å². The summed E-state index contributed by atoms with van der Waals surface area (Å²) in [6, 6.07) is 9.30. The summed E-state index contributed by atoms with van der Waals surface area (Å²) in [7, 11) is 1.62. The Labute approximate surface area is 142 Å². The van der Waals surface area contributed by atoms with Crippen LogP contribution in [0.1, 0.15) is 6.92 Å². The molecule has 0 atom stereocenters. The first kappa shape index (κ1) is 15.9. The molecule has 0 bridgehead atoms. The van der Waals surface area contributed by atoms with E-state index in [1.165, 1.54) is 18.3 Å². The van der Waals surface area contributed by atoms with Crippen LogP contribution in [0.4, 0.5) is 16.8 Å². The molecular weight excluding hydrogens is 326 g/mol. The molecule has 0 saturated heterocycles. The molecule has 3 aromatic rings. The number of thiazole rings is 1. The number of rotatable bonds is 5. The van der Waals surface area contributed by atoms with Crippen molar-refractivity contribution in [1.82, 2.24) is 15.0 Å². The summed E-state index contributed by atoms with van der Waals surface area (Å²) in [6.45, 7) is 1.45. The molecule has 0 aliphatic heterocycles. The highest BCUT2D eigenvalue weighted by molar-refractivity contribution is 7.19. The Balaban J connectivity index is 1.81. The van der Waals surface area contributed by atoms with Crippen LogP contribution in [0.3, 0.4) is 0 Å². The number of nitrogens with zero attached hydrogens (tertiary/aromatic N) is 3. The number of hydrogen-bond acceptors (Lipinski definition) is 7. The van der Waals surface area contributed by atoms with Crippen LogP contribution >= 0.6 is 11.3 Å². The zero-order valence-electron chi connectivity index (χ0n) is 13.1. The molecule has 7 nitrogen and oxygen atoms in total. The van der Waals surface area contributed by atoms with Crippen molar-refractivity contribution in [2.45, 2.75) is 6.92 Å². The van der Waals surface area contributed by atoms with Crippen molar-refractivity contribution >= 4 is 34.0 Å². The van der Waals surface area contributed by atoms with Gasteiger partial charge in [-0.05, 0) is 18.2 Å². The summed E-state index contributed by atoms with van der Waals surface area (Å²) in [5.41, 5.74) is 1.55. The lowest BCUT2D eigenvalue weighted by Crippen LogP contribution is -2.04. The Bertz CT molecular complexity index is 865. The van der Waals surface area contributed by atoms with Gasteiger partial charge in [-0.1, -0.05) is 17.4 Å². The molecule has 0 radical (unpaired) electrons. The van der Waals surface area contributed by atoms with Crippen molar-refractivity contribution in [2.24, 2.45) is 0 Å². The number of anilines is 3. The van der Waals surface area contributed by atoms with Crippen molar-refractivity contribution in [3.63, 3.8) is 0 Å². The van der Waals surface area contributed by atoms with Gasteiger partial charge in [0.05, 0.1) is 17.7 Å². The van der Waals surface area contributed by atoms with Gasteiger partial charge in [0, 0.05) is 31.1 Å². The number of carbonyl (C=O) groups excluding carboxylic acids is 1. The van der Waals surface area contributed by atoms with E-state index in [1.54, 1.807) is 25.6 Å². The third-order valence-corrected chi connectivity index (χ3v) is 3.96. The maximum atomic E-state index is 11.1. The minimum atomic E-state index is -0.154. The average molecular weight is 341 g/mol. The molecule has 3 rings (SSSR count). The molecule has 0 aliphatic rings. The Kier molecular flexibility index (Phi) is 4.66. The van der Waals surface area contributed by atoms with E-state index in [4.69, 9.17) is 4.74 Å². The van der Waals surface area contributed by atoms with Crippen molar-refractivity contribution < 1.29 is 9.53 Å². The second-order valence-corrected chi connectivity index (χ2v) is 5.86. The minimum Gasteiger partial charge on any atom is -0.497 e. The predicted octanol–water partition coefficient (Wildman–Crippen LogP) is 3.31. The van der Waals surface area contributed by atoms with Gasteiger partial charge in [-0.2, -0.15) is 0 Å². The molecule has 2 heterocycles. The van der Waals surface area contributed by atoms with Crippen LogP contribution in [0, 0.1) is 0 Å². The Morgan fingerprint density at radius 2 is 2.12 bits per heavy atom. The number of benzene rings is 1. The van der Waals surface area contributed by atoms with Gasteiger partial charge in [0.1, 0.15) is 5.75 Å². The molecule has 0 fully saturated rings. The molecule has 122 valence electrons. The molecule has 0 unspecified atom stereocenters. The van der Waals surface area contributed by atoms with E-state index in [0.717, 1.165) is 22.0 Å². The monoisotopic (exact) mass is 341 g/mol. The Morgan fingerprint density at radius 1 is 1.25 bits per heavy atom. The summed E-state index contributed by atoms with van der Waals surface area (Å²) in [6.07, 6.45) is 3.34. The van der Waals surface area contributed by atoms with Crippen LogP contribution in [0.2, 0.25) is 0 Å². The van der Waals surface area contributed by atoms with E-state index in [1.807, 2.05) is 24.3 Å². The summed E-state index contributed by atoms with van der Waals surface area (Å²) in [5, 5.41) is 6.34.